The quantitative estimate of drug-likeness (QED) is 0.688. The van der Waals surface area contributed by atoms with Gasteiger partial charge in [0, 0.05) is 23.3 Å². The minimum atomic E-state index is -3.30. The molecule has 1 aromatic heterocycles. The maximum Gasteiger partial charge on any atom is 0.255 e. The second kappa shape index (κ2) is 6.87. The van der Waals surface area contributed by atoms with Gasteiger partial charge in [-0.1, -0.05) is 11.6 Å². The number of aryl methyl sites for hydroxylation is 1. The van der Waals surface area contributed by atoms with Crippen LogP contribution in [-0.4, -0.2) is 35.8 Å². The molecule has 0 unspecified atom stereocenters. The van der Waals surface area contributed by atoms with Crippen LogP contribution in [0.4, 0.5) is 5.69 Å². The minimum Gasteiger partial charge on any atom is -0.321 e. The van der Waals surface area contributed by atoms with Gasteiger partial charge in [-0.15, -0.1) is 0 Å². The number of hydrogen-bond acceptors (Lipinski definition) is 5. The molecule has 0 saturated heterocycles. The van der Waals surface area contributed by atoms with Crippen molar-refractivity contribution in [3.8, 4) is 11.4 Å². The van der Waals surface area contributed by atoms with E-state index in [0.717, 1.165) is 36.0 Å². The standard InChI is InChI=1S/C20H20N4O3S/c1-12-3-10-17(16(11-12)19-22-18(23-24-19)13-4-5-13)21-20(25)14-6-8-15(9-7-14)28(2,26)27/h3,6-11,13H,4-5H2,1-2H3,(H,21,25)(H,22,23,24). The molecule has 4 rings (SSSR count). The first-order valence-corrected chi connectivity index (χ1v) is 10.9. The van der Waals surface area contributed by atoms with Crippen LogP contribution in [0.3, 0.4) is 0 Å². The van der Waals surface area contributed by atoms with Gasteiger partial charge in [-0.2, -0.15) is 5.10 Å². The van der Waals surface area contributed by atoms with Crippen LogP contribution < -0.4 is 5.32 Å². The molecule has 1 fully saturated rings. The normalized spacial score (nSPS) is 14.1. The lowest BCUT2D eigenvalue weighted by Gasteiger charge is -2.10. The van der Waals surface area contributed by atoms with Crippen molar-refractivity contribution in [1.82, 2.24) is 15.2 Å². The van der Waals surface area contributed by atoms with E-state index in [-0.39, 0.29) is 10.8 Å². The zero-order valence-electron chi connectivity index (χ0n) is 15.6. The highest BCUT2D eigenvalue weighted by molar-refractivity contribution is 7.90. The van der Waals surface area contributed by atoms with Gasteiger partial charge in [0.15, 0.2) is 15.7 Å². The van der Waals surface area contributed by atoms with Crippen LogP contribution in [-0.2, 0) is 9.84 Å². The molecule has 0 atom stereocenters. The van der Waals surface area contributed by atoms with Gasteiger partial charge in [0.2, 0.25) is 0 Å². The van der Waals surface area contributed by atoms with Gasteiger partial charge in [-0.25, -0.2) is 13.4 Å². The Morgan fingerprint density at radius 1 is 1.14 bits per heavy atom. The fourth-order valence-corrected chi connectivity index (χ4v) is 3.56. The van der Waals surface area contributed by atoms with Crippen LogP contribution in [0.2, 0.25) is 0 Å². The molecule has 0 radical (unpaired) electrons. The Labute approximate surface area is 163 Å². The molecular weight excluding hydrogens is 376 g/mol. The van der Waals surface area contributed by atoms with E-state index in [2.05, 4.69) is 20.5 Å². The van der Waals surface area contributed by atoms with E-state index >= 15 is 0 Å². The molecule has 1 heterocycles. The van der Waals surface area contributed by atoms with Gasteiger partial charge >= 0.3 is 0 Å². The molecule has 28 heavy (non-hydrogen) atoms. The van der Waals surface area contributed by atoms with E-state index in [4.69, 9.17) is 0 Å². The number of anilines is 1. The number of aromatic amines is 1. The van der Waals surface area contributed by atoms with Gasteiger partial charge < -0.3 is 5.32 Å². The number of aromatic nitrogens is 3. The van der Waals surface area contributed by atoms with Gasteiger partial charge in [0.05, 0.1) is 10.6 Å². The molecule has 1 amide bonds. The highest BCUT2D eigenvalue weighted by Crippen LogP contribution is 2.39. The summed E-state index contributed by atoms with van der Waals surface area (Å²) in [4.78, 5) is 17.4. The Kier molecular flexibility index (Phi) is 4.50. The average Bonchev–Trinajstić information content (AvgIpc) is 3.39. The number of rotatable bonds is 5. The summed E-state index contributed by atoms with van der Waals surface area (Å²) in [5.74, 6) is 1.55. The first-order chi connectivity index (χ1) is 13.3. The SMILES string of the molecule is Cc1ccc(NC(=O)c2ccc(S(C)(=O)=O)cc2)c(-c2n[nH]c(C3CC3)n2)c1. The number of hydrogen-bond donors (Lipinski definition) is 2. The van der Waals surface area contributed by atoms with E-state index < -0.39 is 9.84 Å². The van der Waals surface area contributed by atoms with Gasteiger partial charge in [-0.3, -0.25) is 9.89 Å². The number of sulfone groups is 1. The van der Waals surface area contributed by atoms with Crippen LogP contribution in [0.1, 0.15) is 40.5 Å². The molecule has 0 bridgehead atoms. The Bertz CT molecular complexity index is 1150. The van der Waals surface area contributed by atoms with Gasteiger partial charge in [0.25, 0.3) is 5.91 Å². The van der Waals surface area contributed by atoms with Crippen LogP contribution in [0.15, 0.2) is 47.4 Å². The Hall–Kier alpha value is -3.00. The first kappa shape index (κ1) is 18.4. The first-order valence-electron chi connectivity index (χ1n) is 8.96. The lowest BCUT2D eigenvalue weighted by Crippen LogP contribution is -2.13. The molecule has 1 aliphatic rings. The number of benzene rings is 2. The third-order valence-corrected chi connectivity index (χ3v) is 5.80. The fourth-order valence-electron chi connectivity index (χ4n) is 2.93. The molecule has 8 heteroatoms. The molecule has 0 spiro atoms. The monoisotopic (exact) mass is 396 g/mol. The summed E-state index contributed by atoms with van der Waals surface area (Å²) in [6.07, 6.45) is 3.37. The van der Waals surface area contributed by atoms with Crippen LogP contribution in [0, 0.1) is 6.92 Å². The van der Waals surface area contributed by atoms with Crippen molar-refractivity contribution >= 4 is 21.4 Å². The van der Waals surface area contributed by atoms with Crippen molar-refractivity contribution in [2.75, 3.05) is 11.6 Å². The number of nitrogens with one attached hydrogen (secondary N) is 2. The van der Waals surface area contributed by atoms with Gasteiger partial charge in [0.1, 0.15) is 5.82 Å². The smallest absolute Gasteiger partial charge is 0.255 e. The minimum absolute atomic E-state index is 0.174. The van der Waals surface area contributed by atoms with Crippen LogP contribution in [0.25, 0.3) is 11.4 Å². The lowest BCUT2D eigenvalue weighted by atomic mass is 10.1. The third kappa shape index (κ3) is 3.82. The van der Waals surface area contributed by atoms with Crippen molar-refractivity contribution < 1.29 is 13.2 Å². The molecular formula is C20H20N4O3S. The molecule has 1 aliphatic carbocycles. The summed E-state index contributed by atoms with van der Waals surface area (Å²) < 4.78 is 23.2. The van der Waals surface area contributed by atoms with E-state index in [1.807, 2.05) is 25.1 Å². The Morgan fingerprint density at radius 3 is 2.50 bits per heavy atom. The van der Waals surface area contributed by atoms with E-state index in [1.165, 1.54) is 24.3 Å². The number of carbonyl (C=O) groups excluding carboxylic acids is 1. The summed E-state index contributed by atoms with van der Waals surface area (Å²) in [6.45, 7) is 1.97. The summed E-state index contributed by atoms with van der Waals surface area (Å²) in [5.41, 5.74) is 2.74. The summed E-state index contributed by atoms with van der Waals surface area (Å²) in [5, 5.41) is 10.2. The van der Waals surface area contributed by atoms with Crippen molar-refractivity contribution in [2.24, 2.45) is 0 Å². The second-order valence-corrected chi connectivity index (χ2v) is 9.13. The third-order valence-electron chi connectivity index (χ3n) is 4.68. The largest absolute Gasteiger partial charge is 0.321 e. The molecule has 3 aromatic rings. The van der Waals surface area contributed by atoms with Crippen molar-refractivity contribution in [2.45, 2.75) is 30.6 Å². The average molecular weight is 396 g/mol. The van der Waals surface area contributed by atoms with E-state index in [9.17, 15) is 13.2 Å². The highest BCUT2D eigenvalue weighted by Gasteiger charge is 2.27. The topological polar surface area (TPSA) is 105 Å². The zero-order valence-corrected chi connectivity index (χ0v) is 16.4. The predicted octanol–water partition coefficient (Wildman–Crippen LogP) is 3.31. The summed E-state index contributed by atoms with van der Waals surface area (Å²) in [7, 11) is -3.30. The molecule has 1 saturated carbocycles. The number of H-pyrrole nitrogens is 1. The summed E-state index contributed by atoms with van der Waals surface area (Å²) in [6, 6.07) is 11.5. The van der Waals surface area contributed by atoms with E-state index in [0.29, 0.717) is 23.0 Å². The summed E-state index contributed by atoms with van der Waals surface area (Å²) >= 11 is 0. The molecule has 2 N–H and O–H groups in total. The van der Waals surface area contributed by atoms with Crippen molar-refractivity contribution in [3.63, 3.8) is 0 Å². The number of carbonyl (C=O) groups is 1. The fraction of sp³-hybridized carbons (Fsp3) is 0.250. The van der Waals surface area contributed by atoms with Crippen molar-refractivity contribution in [1.29, 1.82) is 0 Å². The molecule has 2 aromatic carbocycles. The molecule has 7 nitrogen and oxygen atoms in total. The lowest BCUT2D eigenvalue weighted by molar-refractivity contribution is 0.102. The van der Waals surface area contributed by atoms with Crippen LogP contribution in [0.5, 0.6) is 0 Å². The second-order valence-electron chi connectivity index (χ2n) is 7.12. The zero-order chi connectivity index (χ0) is 19.9. The maximum absolute atomic E-state index is 12.7. The van der Waals surface area contributed by atoms with Gasteiger partial charge in [-0.05, 0) is 56.2 Å². The van der Waals surface area contributed by atoms with Crippen LogP contribution >= 0.6 is 0 Å². The maximum atomic E-state index is 12.7. The highest BCUT2D eigenvalue weighted by atomic mass is 32.2. The predicted molar refractivity (Wildman–Crippen MR) is 106 cm³/mol. The Balaban J connectivity index is 1.61. The van der Waals surface area contributed by atoms with E-state index in [1.54, 1.807) is 0 Å². The van der Waals surface area contributed by atoms with Crippen molar-refractivity contribution in [3.05, 3.63) is 59.4 Å². The number of amides is 1. The molecule has 0 aliphatic heterocycles. The Morgan fingerprint density at radius 2 is 1.86 bits per heavy atom. The molecule has 144 valence electrons. The number of nitrogens with zero attached hydrogens (tertiary/aromatic N) is 2.